The molecule has 2 atom stereocenters. The van der Waals surface area contributed by atoms with Gasteiger partial charge in [0.1, 0.15) is 6.23 Å². The van der Waals surface area contributed by atoms with Crippen LogP contribution in [-0.4, -0.2) is 44.8 Å². The third kappa shape index (κ3) is 7.63. The third-order valence-corrected chi connectivity index (χ3v) is 7.01. The minimum atomic E-state index is -0.496. The minimum Gasteiger partial charge on any atom is -0.372 e. The number of carbonyl (C=O) groups is 2. The number of hydrogen-bond acceptors (Lipinski definition) is 5. The van der Waals surface area contributed by atoms with Gasteiger partial charge in [-0.15, -0.1) is 19.0 Å². The normalized spacial score (nSPS) is 16.3. The van der Waals surface area contributed by atoms with Gasteiger partial charge in [0, 0.05) is 42.0 Å². The van der Waals surface area contributed by atoms with Gasteiger partial charge in [0.15, 0.2) is 0 Å². The zero-order chi connectivity index (χ0) is 27.8. The van der Waals surface area contributed by atoms with E-state index >= 15 is 0 Å². The average Bonchev–Trinajstić information content (AvgIpc) is 3.09. The summed E-state index contributed by atoms with van der Waals surface area (Å²) in [4.78, 5) is 28.1. The van der Waals surface area contributed by atoms with Crippen LogP contribution in [-0.2, 0) is 9.47 Å². The van der Waals surface area contributed by atoms with Crippen LogP contribution in [0.15, 0.2) is 79.4 Å². The maximum Gasteiger partial charge on any atom is 0.260 e. The second kappa shape index (κ2) is 15.2. The Bertz CT molecular complexity index is 1320. The van der Waals surface area contributed by atoms with E-state index in [4.69, 9.17) is 32.7 Å². The van der Waals surface area contributed by atoms with E-state index < -0.39 is 6.23 Å². The highest BCUT2D eigenvalue weighted by Gasteiger charge is 2.34. The molecule has 1 aliphatic heterocycles. The predicted octanol–water partition coefficient (Wildman–Crippen LogP) is 6.91. The van der Waals surface area contributed by atoms with Gasteiger partial charge in [0.25, 0.3) is 11.8 Å². The summed E-state index contributed by atoms with van der Waals surface area (Å²) in [6, 6.07) is 19.0. The fourth-order valence-electron chi connectivity index (χ4n) is 4.53. The van der Waals surface area contributed by atoms with E-state index in [9.17, 15) is 9.59 Å². The van der Waals surface area contributed by atoms with Crippen LogP contribution in [0.4, 0.5) is 11.4 Å². The zero-order valence-electron chi connectivity index (χ0n) is 22.1. The number of amides is 2. The molecule has 7 nitrogen and oxygen atoms in total. The largest absolute Gasteiger partial charge is 0.372 e. The lowest BCUT2D eigenvalue weighted by atomic mass is 10.0. The number of halogens is 3. The van der Waals surface area contributed by atoms with Gasteiger partial charge in [0.05, 0.1) is 29.0 Å². The third-order valence-electron chi connectivity index (χ3n) is 6.45. The van der Waals surface area contributed by atoms with Crippen LogP contribution in [0.25, 0.3) is 0 Å². The van der Waals surface area contributed by atoms with E-state index in [0.717, 1.165) is 5.56 Å². The van der Waals surface area contributed by atoms with Crippen LogP contribution in [0.2, 0.25) is 10.0 Å². The van der Waals surface area contributed by atoms with Crippen molar-refractivity contribution < 1.29 is 19.1 Å². The molecule has 3 aromatic rings. The molecular formula is C30H32Cl3N3O4. The first kappa shape index (κ1) is 31.6. The summed E-state index contributed by atoms with van der Waals surface area (Å²) in [7, 11) is 1.59. The zero-order valence-corrected chi connectivity index (χ0v) is 24.4. The molecule has 3 aromatic carbocycles. The van der Waals surface area contributed by atoms with Gasteiger partial charge < -0.3 is 20.1 Å². The number of methoxy groups -OCH3 is 1. The lowest BCUT2D eigenvalue weighted by Crippen LogP contribution is -2.41. The number of anilines is 2. The van der Waals surface area contributed by atoms with Gasteiger partial charge in [-0.2, -0.15) is 0 Å². The quantitative estimate of drug-likeness (QED) is 0.194. The first-order chi connectivity index (χ1) is 18.9. The summed E-state index contributed by atoms with van der Waals surface area (Å²) in [6.45, 7) is 5.58. The Morgan fingerprint density at radius 1 is 1.07 bits per heavy atom. The lowest BCUT2D eigenvalue weighted by Gasteiger charge is -2.30. The number of benzene rings is 3. The molecule has 2 N–H and O–H groups in total. The summed E-state index contributed by atoms with van der Waals surface area (Å²) in [5, 5.41) is 6.98. The summed E-state index contributed by atoms with van der Waals surface area (Å²) in [6.07, 6.45) is 2.29. The smallest absolute Gasteiger partial charge is 0.260 e. The number of nitrogens with one attached hydrogen (secondary N) is 2. The van der Waals surface area contributed by atoms with E-state index in [1.807, 2.05) is 12.1 Å². The van der Waals surface area contributed by atoms with Crippen molar-refractivity contribution in [3.8, 4) is 0 Å². The molecule has 10 heteroatoms. The number of rotatable bonds is 10. The monoisotopic (exact) mass is 603 g/mol. The van der Waals surface area contributed by atoms with E-state index in [0.29, 0.717) is 65.1 Å². The molecule has 0 saturated heterocycles. The number of fused-ring (bicyclic) bond motifs is 1. The van der Waals surface area contributed by atoms with Crippen molar-refractivity contribution in [2.45, 2.75) is 25.2 Å². The summed E-state index contributed by atoms with van der Waals surface area (Å²) >= 11 is 12.5. The fraction of sp³-hybridized carbons (Fsp3) is 0.267. The highest BCUT2D eigenvalue weighted by Crippen LogP contribution is 2.40. The second-order valence-electron chi connectivity index (χ2n) is 9.01. The molecule has 40 heavy (non-hydrogen) atoms. The van der Waals surface area contributed by atoms with Crippen LogP contribution in [0, 0.1) is 0 Å². The van der Waals surface area contributed by atoms with Gasteiger partial charge in [-0.25, -0.2) is 0 Å². The highest BCUT2D eigenvalue weighted by atomic mass is 35.5. The predicted molar refractivity (Wildman–Crippen MR) is 163 cm³/mol. The molecule has 0 saturated carbocycles. The molecule has 2 amide bonds. The molecule has 1 heterocycles. The van der Waals surface area contributed by atoms with Gasteiger partial charge in [-0.3, -0.25) is 14.5 Å². The Labute approximate surface area is 250 Å². The first-order valence-electron chi connectivity index (χ1n) is 12.7. The number of nitrogens with zero attached hydrogens (tertiary/aromatic N) is 1. The van der Waals surface area contributed by atoms with Crippen LogP contribution in [0.5, 0.6) is 0 Å². The topological polar surface area (TPSA) is 79.9 Å². The van der Waals surface area contributed by atoms with Gasteiger partial charge in [-0.1, -0.05) is 41.4 Å². The molecule has 212 valence electrons. The van der Waals surface area contributed by atoms with Gasteiger partial charge in [-0.05, 0) is 67.4 Å². The summed E-state index contributed by atoms with van der Waals surface area (Å²) < 4.78 is 12.0. The van der Waals surface area contributed by atoms with E-state index in [-0.39, 0.29) is 30.3 Å². The van der Waals surface area contributed by atoms with Gasteiger partial charge >= 0.3 is 0 Å². The Kier molecular flexibility index (Phi) is 12.0. The van der Waals surface area contributed by atoms with Crippen LogP contribution < -0.4 is 15.5 Å². The van der Waals surface area contributed by atoms with Crippen molar-refractivity contribution in [2.75, 3.05) is 37.0 Å². The molecule has 0 aliphatic carbocycles. The van der Waals surface area contributed by atoms with Crippen molar-refractivity contribution in [3.05, 3.63) is 106 Å². The maximum atomic E-state index is 13.9. The molecule has 0 spiro atoms. The van der Waals surface area contributed by atoms with Crippen LogP contribution in [0.1, 0.15) is 45.2 Å². The standard InChI is InChI=1S/C30H31Cl2N3O4.ClH/c1-3-16-33-17-18-39-27-14-15-28(38-2)35(26-13-10-21(31)19-24(26)27)30(37)20-8-11-22(12-9-20)34-29(36)23-6-4-5-7-25(23)32;/h3-13,19,27-28,33H,1,14-18H2,2H3,(H,34,36);1H. The Balaban J connectivity index is 0.00000441. The summed E-state index contributed by atoms with van der Waals surface area (Å²) in [5.74, 6) is -0.564. The minimum absolute atomic E-state index is 0. The van der Waals surface area contributed by atoms with Crippen LogP contribution in [0.3, 0.4) is 0 Å². The van der Waals surface area contributed by atoms with Crippen molar-refractivity contribution >= 4 is 58.8 Å². The molecule has 1 aliphatic rings. The number of hydrogen-bond donors (Lipinski definition) is 2. The maximum absolute atomic E-state index is 13.9. The van der Waals surface area contributed by atoms with E-state index in [2.05, 4.69) is 17.2 Å². The Morgan fingerprint density at radius 2 is 1.82 bits per heavy atom. The van der Waals surface area contributed by atoms with Gasteiger partial charge in [0.2, 0.25) is 0 Å². The molecule has 0 aromatic heterocycles. The number of ether oxygens (including phenoxy) is 2. The second-order valence-corrected chi connectivity index (χ2v) is 9.85. The van der Waals surface area contributed by atoms with E-state index in [1.54, 1.807) is 72.7 Å². The molecule has 4 rings (SSSR count). The van der Waals surface area contributed by atoms with Crippen molar-refractivity contribution in [2.24, 2.45) is 0 Å². The molecular weight excluding hydrogens is 573 g/mol. The Hall–Kier alpha value is -2.91. The molecule has 0 radical (unpaired) electrons. The molecule has 2 unspecified atom stereocenters. The van der Waals surface area contributed by atoms with Crippen molar-refractivity contribution in [3.63, 3.8) is 0 Å². The first-order valence-corrected chi connectivity index (χ1v) is 13.4. The average molecular weight is 605 g/mol. The van der Waals surface area contributed by atoms with Crippen LogP contribution >= 0.6 is 35.6 Å². The molecule has 0 bridgehead atoms. The lowest BCUT2D eigenvalue weighted by molar-refractivity contribution is 0.0325. The van der Waals surface area contributed by atoms with Crippen molar-refractivity contribution in [1.82, 2.24) is 5.32 Å². The highest BCUT2D eigenvalue weighted by molar-refractivity contribution is 6.34. The van der Waals surface area contributed by atoms with Crippen molar-refractivity contribution in [1.29, 1.82) is 0 Å². The number of carbonyl (C=O) groups excluding carboxylic acids is 2. The Morgan fingerprint density at radius 3 is 2.52 bits per heavy atom. The SMILES string of the molecule is C=CCNCCOC1CCC(OC)N(C(=O)c2ccc(NC(=O)c3ccccc3Cl)cc2)c2ccc(Cl)cc21.Cl. The van der Waals surface area contributed by atoms with E-state index in [1.165, 1.54) is 0 Å². The summed E-state index contributed by atoms with van der Waals surface area (Å²) in [5.41, 5.74) is 2.88. The fourth-order valence-corrected chi connectivity index (χ4v) is 4.93. The molecule has 0 fully saturated rings.